The van der Waals surface area contributed by atoms with Crippen molar-refractivity contribution in [3.8, 4) is 21.6 Å². The number of aromatic nitrogens is 1. The normalized spacial score (nSPS) is 10.8. The van der Waals surface area contributed by atoms with Crippen LogP contribution in [0.1, 0.15) is 26.7 Å². The van der Waals surface area contributed by atoms with E-state index >= 15 is 0 Å². The molecule has 6 nitrogen and oxygen atoms in total. The van der Waals surface area contributed by atoms with E-state index in [4.69, 9.17) is 20.9 Å². The zero-order valence-electron chi connectivity index (χ0n) is 18.3. The average Bonchev–Trinajstić information content (AvgIpc) is 3.41. The van der Waals surface area contributed by atoms with Crippen molar-refractivity contribution in [2.45, 2.75) is 20.3 Å². The molecule has 33 heavy (non-hydrogen) atoms. The average molecular weight is 481 g/mol. The van der Waals surface area contributed by atoms with Gasteiger partial charge in [0.05, 0.1) is 35.5 Å². The standard InChI is InChI=1S/C25H21ClN2O4S/c1-14-10-18(32-28-14)11-24(29)27-22-13-21(26)19(12-20(22)25(30)31-3)16-5-7-17(8-6-16)23-9-4-15(2)33-23/h4-10,12-13H,11H2,1-3H3,(H,27,29). The Morgan fingerprint density at radius 1 is 1.06 bits per heavy atom. The monoisotopic (exact) mass is 480 g/mol. The van der Waals surface area contributed by atoms with Crippen LogP contribution in [0.25, 0.3) is 21.6 Å². The molecule has 2 heterocycles. The first kappa shape index (κ1) is 22.8. The topological polar surface area (TPSA) is 81.4 Å². The van der Waals surface area contributed by atoms with Crippen LogP contribution < -0.4 is 5.32 Å². The number of hydrogen-bond donors (Lipinski definition) is 1. The predicted octanol–water partition coefficient (Wildman–Crippen LogP) is 6.31. The van der Waals surface area contributed by atoms with E-state index in [0.29, 0.717) is 22.0 Å². The van der Waals surface area contributed by atoms with E-state index in [0.717, 1.165) is 11.1 Å². The number of hydrogen-bond acceptors (Lipinski definition) is 6. The smallest absolute Gasteiger partial charge is 0.339 e. The molecule has 2 aromatic heterocycles. The lowest BCUT2D eigenvalue weighted by Crippen LogP contribution is -2.17. The van der Waals surface area contributed by atoms with E-state index in [1.807, 2.05) is 24.3 Å². The molecule has 0 atom stereocenters. The van der Waals surface area contributed by atoms with Gasteiger partial charge in [-0.3, -0.25) is 4.79 Å². The molecule has 0 spiro atoms. The van der Waals surface area contributed by atoms with Crippen molar-refractivity contribution in [2.75, 3.05) is 12.4 Å². The molecule has 1 amide bonds. The summed E-state index contributed by atoms with van der Waals surface area (Å²) in [5.41, 5.74) is 3.76. The summed E-state index contributed by atoms with van der Waals surface area (Å²) >= 11 is 8.29. The molecule has 0 saturated carbocycles. The lowest BCUT2D eigenvalue weighted by molar-refractivity contribution is -0.115. The minimum Gasteiger partial charge on any atom is -0.465 e. The molecule has 0 radical (unpaired) electrons. The van der Waals surface area contributed by atoms with Gasteiger partial charge in [0.15, 0.2) is 0 Å². The Morgan fingerprint density at radius 2 is 1.79 bits per heavy atom. The Morgan fingerprint density at radius 3 is 2.39 bits per heavy atom. The van der Waals surface area contributed by atoms with Crippen molar-refractivity contribution in [3.63, 3.8) is 0 Å². The Hall–Kier alpha value is -3.42. The van der Waals surface area contributed by atoms with Crippen LogP contribution in [0.4, 0.5) is 5.69 Å². The van der Waals surface area contributed by atoms with Gasteiger partial charge >= 0.3 is 5.97 Å². The number of rotatable bonds is 6. The summed E-state index contributed by atoms with van der Waals surface area (Å²) in [4.78, 5) is 27.4. The van der Waals surface area contributed by atoms with Gasteiger partial charge in [-0.15, -0.1) is 11.3 Å². The fraction of sp³-hybridized carbons (Fsp3) is 0.160. The molecule has 0 saturated heterocycles. The molecular formula is C25H21ClN2O4S. The number of nitrogens with zero attached hydrogens (tertiary/aromatic N) is 1. The molecule has 8 heteroatoms. The Kier molecular flexibility index (Phi) is 6.62. The maximum Gasteiger partial charge on any atom is 0.339 e. The molecule has 0 aliphatic heterocycles. The molecule has 4 rings (SSSR count). The second kappa shape index (κ2) is 9.60. The molecule has 2 aromatic carbocycles. The number of amides is 1. The zero-order valence-corrected chi connectivity index (χ0v) is 19.8. The number of ether oxygens (including phenoxy) is 1. The molecule has 4 aromatic rings. The highest BCUT2D eigenvalue weighted by atomic mass is 35.5. The number of carbonyl (C=O) groups excluding carboxylic acids is 2. The Bertz CT molecular complexity index is 1320. The van der Waals surface area contributed by atoms with Crippen LogP contribution in [-0.4, -0.2) is 24.1 Å². The van der Waals surface area contributed by atoms with Crippen LogP contribution >= 0.6 is 22.9 Å². The highest BCUT2D eigenvalue weighted by Gasteiger charge is 2.19. The SMILES string of the molecule is COC(=O)c1cc(-c2ccc(-c3ccc(C)s3)cc2)c(Cl)cc1NC(=O)Cc1cc(C)no1. The number of aryl methyl sites for hydroxylation is 2. The molecule has 168 valence electrons. The fourth-order valence-corrected chi connectivity index (χ4v) is 4.58. The molecule has 0 fully saturated rings. The number of benzene rings is 2. The molecule has 0 bridgehead atoms. The van der Waals surface area contributed by atoms with Crippen LogP contribution in [0, 0.1) is 13.8 Å². The number of halogens is 1. The summed E-state index contributed by atoms with van der Waals surface area (Å²) in [6.45, 7) is 3.84. The van der Waals surface area contributed by atoms with Crippen molar-refractivity contribution in [2.24, 2.45) is 0 Å². The van der Waals surface area contributed by atoms with Crippen molar-refractivity contribution in [3.05, 3.63) is 81.5 Å². The van der Waals surface area contributed by atoms with Crippen LogP contribution in [0.5, 0.6) is 0 Å². The van der Waals surface area contributed by atoms with Gasteiger partial charge in [-0.05, 0) is 49.2 Å². The van der Waals surface area contributed by atoms with E-state index < -0.39 is 5.97 Å². The second-order valence-corrected chi connectivity index (χ2v) is 9.21. The quantitative estimate of drug-likeness (QED) is 0.327. The molecule has 0 unspecified atom stereocenters. The van der Waals surface area contributed by atoms with E-state index in [1.54, 1.807) is 36.5 Å². The first-order chi connectivity index (χ1) is 15.8. The maximum absolute atomic E-state index is 12.5. The van der Waals surface area contributed by atoms with Gasteiger partial charge in [0, 0.05) is 21.4 Å². The summed E-state index contributed by atoms with van der Waals surface area (Å²) in [5.74, 6) is -0.520. The van der Waals surface area contributed by atoms with E-state index in [-0.39, 0.29) is 23.6 Å². The first-order valence-corrected chi connectivity index (χ1v) is 11.3. The minimum absolute atomic E-state index is 0.0233. The van der Waals surface area contributed by atoms with Gasteiger partial charge in [0.25, 0.3) is 0 Å². The van der Waals surface area contributed by atoms with Crippen LogP contribution in [0.2, 0.25) is 5.02 Å². The summed E-state index contributed by atoms with van der Waals surface area (Å²) < 4.78 is 10.0. The minimum atomic E-state index is -0.579. The lowest BCUT2D eigenvalue weighted by Gasteiger charge is -2.14. The van der Waals surface area contributed by atoms with E-state index in [9.17, 15) is 9.59 Å². The van der Waals surface area contributed by atoms with E-state index in [1.165, 1.54) is 16.9 Å². The van der Waals surface area contributed by atoms with Crippen LogP contribution in [0.15, 0.2) is 59.1 Å². The lowest BCUT2D eigenvalue weighted by atomic mass is 10.00. The van der Waals surface area contributed by atoms with Crippen molar-refractivity contribution < 1.29 is 18.8 Å². The summed E-state index contributed by atoms with van der Waals surface area (Å²) in [5, 5.41) is 6.89. The fourth-order valence-electron chi connectivity index (χ4n) is 3.43. The molecule has 1 N–H and O–H groups in total. The largest absolute Gasteiger partial charge is 0.465 e. The number of nitrogens with one attached hydrogen (secondary N) is 1. The molecule has 0 aliphatic carbocycles. The van der Waals surface area contributed by atoms with Crippen molar-refractivity contribution in [1.29, 1.82) is 0 Å². The Balaban J connectivity index is 1.63. The highest BCUT2D eigenvalue weighted by Crippen LogP contribution is 2.35. The maximum atomic E-state index is 12.5. The summed E-state index contributed by atoms with van der Waals surface area (Å²) in [7, 11) is 1.29. The summed E-state index contributed by atoms with van der Waals surface area (Å²) in [6.07, 6.45) is -0.0233. The van der Waals surface area contributed by atoms with Gasteiger partial charge in [-0.1, -0.05) is 41.0 Å². The van der Waals surface area contributed by atoms with Gasteiger partial charge in [0.1, 0.15) is 5.76 Å². The number of thiophene rings is 1. The van der Waals surface area contributed by atoms with Gasteiger partial charge in [0.2, 0.25) is 5.91 Å². The van der Waals surface area contributed by atoms with Gasteiger partial charge in [-0.2, -0.15) is 0 Å². The molecular weight excluding hydrogens is 460 g/mol. The third-order valence-corrected chi connectivity index (χ3v) is 6.38. The third-order valence-electron chi connectivity index (χ3n) is 5.02. The van der Waals surface area contributed by atoms with Crippen LogP contribution in [0.3, 0.4) is 0 Å². The second-order valence-electron chi connectivity index (χ2n) is 7.52. The predicted molar refractivity (Wildman–Crippen MR) is 130 cm³/mol. The first-order valence-electron chi connectivity index (χ1n) is 10.1. The van der Waals surface area contributed by atoms with Gasteiger partial charge in [-0.25, -0.2) is 4.79 Å². The highest BCUT2D eigenvalue weighted by molar-refractivity contribution is 7.15. The zero-order chi connectivity index (χ0) is 23.5. The third kappa shape index (κ3) is 5.16. The van der Waals surface area contributed by atoms with Crippen LogP contribution in [-0.2, 0) is 16.0 Å². The number of esters is 1. The number of carbonyl (C=O) groups is 2. The summed E-state index contributed by atoms with van der Waals surface area (Å²) in [6, 6.07) is 17.0. The van der Waals surface area contributed by atoms with Crippen molar-refractivity contribution >= 4 is 40.5 Å². The Labute approximate surface area is 200 Å². The van der Waals surface area contributed by atoms with E-state index in [2.05, 4.69) is 29.5 Å². The van der Waals surface area contributed by atoms with Crippen molar-refractivity contribution in [1.82, 2.24) is 5.16 Å². The van der Waals surface area contributed by atoms with Gasteiger partial charge < -0.3 is 14.6 Å². The number of anilines is 1. The molecule has 0 aliphatic rings. The number of methoxy groups -OCH3 is 1.